The second kappa shape index (κ2) is 6.68. The van der Waals surface area contributed by atoms with Gasteiger partial charge < -0.3 is 10.1 Å². The van der Waals surface area contributed by atoms with E-state index >= 15 is 0 Å². The smallest absolute Gasteiger partial charge is 0.123 e. The molecule has 0 radical (unpaired) electrons. The molecule has 1 aromatic heterocycles. The van der Waals surface area contributed by atoms with Gasteiger partial charge in [-0.2, -0.15) is 0 Å². The third-order valence-electron chi connectivity index (χ3n) is 2.97. The maximum Gasteiger partial charge on any atom is 0.123 e. The third-order valence-corrected chi connectivity index (χ3v) is 3.47. The first kappa shape index (κ1) is 14.0. The summed E-state index contributed by atoms with van der Waals surface area (Å²) in [6.07, 6.45) is 1.81. The van der Waals surface area contributed by atoms with Crippen molar-refractivity contribution in [3.63, 3.8) is 0 Å². The van der Waals surface area contributed by atoms with Gasteiger partial charge in [0.25, 0.3) is 0 Å². The molecule has 0 aliphatic carbocycles. The van der Waals surface area contributed by atoms with E-state index in [2.05, 4.69) is 39.2 Å². The van der Waals surface area contributed by atoms with Crippen LogP contribution in [0.3, 0.4) is 0 Å². The Labute approximate surface area is 122 Å². The van der Waals surface area contributed by atoms with E-state index in [1.165, 1.54) is 0 Å². The highest BCUT2D eigenvalue weighted by atomic mass is 79.9. The van der Waals surface area contributed by atoms with E-state index in [0.717, 1.165) is 28.0 Å². The molecule has 1 N–H and O–H groups in total. The minimum atomic E-state index is 0.199. The largest absolute Gasteiger partial charge is 0.496 e. The summed E-state index contributed by atoms with van der Waals surface area (Å²) in [6, 6.07) is 12.2. The molecule has 0 fully saturated rings. The van der Waals surface area contributed by atoms with Crippen LogP contribution in [0.5, 0.6) is 5.75 Å². The molecule has 100 valence electrons. The van der Waals surface area contributed by atoms with Crippen LogP contribution in [0.4, 0.5) is 0 Å². The van der Waals surface area contributed by atoms with E-state index in [9.17, 15) is 0 Å². The second-order valence-electron chi connectivity index (χ2n) is 4.31. The Morgan fingerprint density at radius 3 is 2.84 bits per heavy atom. The molecule has 0 saturated carbocycles. The van der Waals surface area contributed by atoms with Crippen LogP contribution in [0.2, 0.25) is 0 Å². The minimum Gasteiger partial charge on any atom is -0.496 e. The van der Waals surface area contributed by atoms with Gasteiger partial charge in [0.1, 0.15) is 5.75 Å². The molecule has 1 atom stereocenters. The fourth-order valence-corrected chi connectivity index (χ4v) is 2.29. The Morgan fingerprint density at radius 1 is 1.32 bits per heavy atom. The van der Waals surface area contributed by atoms with Gasteiger partial charge in [-0.1, -0.05) is 22.0 Å². The lowest BCUT2D eigenvalue weighted by Crippen LogP contribution is -2.19. The van der Waals surface area contributed by atoms with Gasteiger partial charge in [0.2, 0.25) is 0 Å². The Hall–Kier alpha value is -1.39. The fourth-order valence-electron chi connectivity index (χ4n) is 1.89. The average molecular weight is 321 g/mol. The van der Waals surface area contributed by atoms with Crippen LogP contribution in [0.15, 0.2) is 47.1 Å². The van der Waals surface area contributed by atoms with E-state index in [-0.39, 0.29) is 6.04 Å². The molecule has 0 bridgehead atoms. The summed E-state index contributed by atoms with van der Waals surface area (Å²) in [5.74, 6) is 0.893. The topological polar surface area (TPSA) is 34.1 Å². The van der Waals surface area contributed by atoms with Gasteiger partial charge in [0.05, 0.1) is 12.8 Å². The molecule has 1 aromatic carbocycles. The molecule has 0 spiro atoms. The summed E-state index contributed by atoms with van der Waals surface area (Å²) in [5, 5.41) is 3.45. The van der Waals surface area contributed by atoms with Gasteiger partial charge in [0.15, 0.2) is 0 Å². The first-order chi connectivity index (χ1) is 9.20. The van der Waals surface area contributed by atoms with Crippen molar-refractivity contribution in [1.29, 1.82) is 0 Å². The first-order valence-corrected chi connectivity index (χ1v) is 6.96. The highest BCUT2D eigenvalue weighted by Gasteiger charge is 2.08. The number of hydrogen-bond donors (Lipinski definition) is 1. The van der Waals surface area contributed by atoms with Gasteiger partial charge >= 0.3 is 0 Å². The molecule has 0 aliphatic rings. The molecular weight excluding hydrogens is 304 g/mol. The lowest BCUT2D eigenvalue weighted by atomic mass is 10.1. The van der Waals surface area contributed by atoms with Crippen molar-refractivity contribution in [1.82, 2.24) is 10.3 Å². The summed E-state index contributed by atoms with van der Waals surface area (Å²) in [5.41, 5.74) is 2.16. The van der Waals surface area contributed by atoms with Crippen molar-refractivity contribution < 1.29 is 4.74 Å². The second-order valence-corrected chi connectivity index (χ2v) is 5.23. The highest BCUT2D eigenvalue weighted by Crippen LogP contribution is 2.23. The van der Waals surface area contributed by atoms with Crippen LogP contribution in [-0.2, 0) is 6.54 Å². The zero-order valence-electron chi connectivity index (χ0n) is 11.1. The maximum atomic E-state index is 5.36. The number of nitrogens with one attached hydrogen (secondary N) is 1. The molecular formula is C15H17BrN2O. The molecule has 0 aliphatic heterocycles. The molecule has 3 nitrogen and oxygen atoms in total. The van der Waals surface area contributed by atoms with Crippen LogP contribution in [-0.4, -0.2) is 12.1 Å². The van der Waals surface area contributed by atoms with Crippen molar-refractivity contribution in [3.8, 4) is 5.75 Å². The highest BCUT2D eigenvalue weighted by molar-refractivity contribution is 9.10. The minimum absolute atomic E-state index is 0.199. The van der Waals surface area contributed by atoms with Crippen molar-refractivity contribution in [2.45, 2.75) is 19.5 Å². The predicted molar refractivity (Wildman–Crippen MR) is 80.2 cm³/mol. The number of hydrogen-bond acceptors (Lipinski definition) is 3. The van der Waals surface area contributed by atoms with Gasteiger partial charge in [-0.15, -0.1) is 0 Å². The number of nitrogens with zero attached hydrogens (tertiary/aromatic N) is 1. The van der Waals surface area contributed by atoms with E-state index in [4.69, 9.17) is 4.74 Å². The number of pyridine rings is 1. The van der Waals surface area contributed by atoms with Crippen LogP contribution < -0.4 is 10.1 Å². The average Bonchev–Trinajstić information content (AvgIpc) is 2.46. The summed E-state index contributed by atoms with van der Waals surface area (Å²) in [4.78, 5) is 4.35. The maximum absolute atomic E-state index is 5.36. The lowest BCUT2D eigenvalue weighted by Gasteiger charge is -2.15. The molecule has 2 rings (SSSR count). The van der Waals surface area contributed by atoms with E-state index in [1.54, 1.807) is 7.11 Å². The summed E-state index contributed by atoms with van der Waals surface area (Å²) in [6.45, 7) is 2.84. The van der Waals surface area contributed by atoms with E-state index in [1.807, 2.05) is 36.5 Å². The molecule has 4 heteroatoms. The standard InChI is InChI=1S/C15H17BrN2O/c1-11(14-5-3-4-8-17-14)18-10-12-9-13(16)6-7-15(12)19-2/h3-9,11,18H,10H2,1-2H3. The summed E-state index contributed by atoms with van der Waals surface area (Å²) >= 11 is 3.48. The third kappa shape index (κ3) is 3.78. The number of ether oxygens (including phenoxy) is 1. The Balaban J connectivity index is 2.04. The Morgan fingerprint density at radius 2 is 2.16 bits per heavy atom. The van der Waals surface area contributed by atoms with Gasteiger partial charge in [-0.05, 0) is 37.3 Å². The van der Waals surface area contributed by atoms with Crippen molar-refractivity contribution >= 4 is 15.9 Å². The summed E-state index contributed by atoms with van der Waals surface area (Å²) in [7, 11) is 1.69. The van der Waals surface area contributed by atoms with Crippen LogP contribution >= 0.6 is 15.9 Å². The zero-order chi connectivity index (χ0) is 13.7. The Kier molecular flexibility index (Phi) is 4.93. The van der Waals surface area contributed by atoms with Gasteiger partial charge in [0, 0.05) is 28.8 Å². The first-order valence-electron chi connectivity index (χ1n) is 6.17. The van der Waals surface area contributed by atoms with Gasteiger partial charge in [-0.25, -0.2) is 0 Å². The number of rotatable bonds is 5. The molecule has 19 heavy (non-hydrogen) atoms. The van der Waals surface area contributed by atoms with E-state index < -0.39 is 0 Å². The normalized spacial score (nSPS) is 12.2. The van der Waals surface area contributed by atoms with Gasteiger partial charge in [-0.3, -0.25) is 4.98 Å². The van der Waals surface area contributed by atoms with E-state index in [0.29, 0.717) is 0 Å². The molecule has 0 saturated heterocycles. The van der Waals surface area contributed by atoms with Crippen molar-refractivity contribution in [3.05, 3.63) is 58.3 Å². The summed E-state index contributed by atoms with van der Waals surface area (Å²) < 4.78 is 6.41. The molecule has 1 unspecified atom stereocenters. The molecule has 2 aromatic rings. The fraction of sp³-hybridized carbons (Fsp3) is 0.267. The number of aromatic nitrogens is 1. The quantitative estimate of drug-likeness (QED) is 0.912. The lowest BCUT2D eigenvalue weighted by molar-refractivity contribution is 0.405. The predicted octanol–water partition coefficient (Wildman–Crippen LogP) is 3.70. The van der Waals surface area contributed by atoms with Crippen molar-refractivity contribution in [2.75, 3.05) is 7.11 Å². The molecule has 1 heterocycles. The SMILES string of the molecule is COc1ccc(Br)cc1CNC(C)c1ccccn1. The number of benzene rings is 1. The zero-order valence-corrected chi connectivity index (χ0v) is 12.6. The number of methoxy groups -OCH3 is 1. The van der Waals surface area contributed by atoms with Crippen LogP contribution in [0, 0.1) is 0 Å². The molecule has 0 amide bonds. The van der Waals surface area contributed by atoms with Crippen LogP contribution in [0.25, 0.3) is 0 Å². The monoisotopic (exact) mass is 320 g/mol. The number of halogens is 1. The Bertz CT molecular complexity index is 531. The van der Waals surface area contributed by atoms with Crippen molar-refractivity contribution in [2.24, 2.45) is 0 Å². The van der Waals surface area contributed by atoms with Crippen LogP contribution in [0.1, 0.15) is 24.2 Å².